The van der Waals surface area contributed by atoms with Crippen molar-refractivity contribution >= 4 is 0 Å². The molecule has 0 aromatic heterocycles. The molecule has 2 aliphatic rings. The van der Waals surface area contributed by atoms with Crippen LogP contribution in [0.3, 0.4) is 0 Å². The summed E-state index contributed by atoms with van der Waals surface area (Å²) < 4.78 is 13.5. The van der Waals surface area contributed by atoms with E-state index in [4.69, 9.17) is 0 Å². The molecule has 0 amide bonds. The lowest BCUT2D eigenvalue weighted by molar-refractivity contribution is 0.0455. The molecule has 2 rings (SSSR count). The summed E-state index contributed by atoms with van der Waals surface area (Å²) in [7, 11) is 2.21. The van der Waals surface area contributed by atoms with Crippen LogP contribution in [0.2, 0.25) is 0 Å². The Balaban J connectivity index is 0.000000444. The maximum atomic E-state index is 13.5. The summed E-state index contributed by atoms with van der Waals surface area (Å²) >= 11 is 0. The van der Waals surface area contributed by atoms with Gasteiger partial charge in [-0.05, 0) is 66.6 Å². The normalized spacial score (nSPS) is 26.2. The highest BCUT2D eigenvalue weighted by molar-refractivity contribution is 4.83. The van der Waals surface area contributed by atoms with Crippen LogP contribution in [0.15, 0.2) is 0 Å². The lowest BCUT2D eigenvalue weighted by Gasteiger charge is -2.39. The van der Waals surface area contributed by atoms with Gasteiger partial charge in [0.1, 0.15) is 6.17 Å². The van der Waals surface area contributed by atoms with Crippen molar-refractivity contribution in [2.75, 3.05) is 46.3 Å². The Morgan fingerprint density at radius 1 is 0.769 bits per heavy atom. The first kappa shape index (κ1) is 25.8. The van der Waals surface area contributed by atoms with E-state index >= 15 is 0 Å². The van der Waals surface area contributed by atoms with Crippen LogP contribution in [0.4, 0.5) is 4.39 Å². The highest BCUT2D eigenvalue weighted by Crippen LogP contribution is 2.27. The molecular weight excluding hydrogens is 325 g/mol. The topological polar surface area (TPSA) is 9.72 Å². The first-order valence-corrected chi connectivity index (χ1v) is 11.0. The fourth-order valence-corrected chi connectivity index (χ4v) is 3.66. The fourth-order valence-electron chi connectivity index (χ4n) is 3.66. The number of hydrogen-bond donors (Lipinski definition) is 0. The van der Waals surface area contributed by atoms with Crippen molar-refractivity contribution in [2.45, 2.75) is 86.5 Å². The second kappa shape index (κ2) is 13.9. The molecule has 2 heterocycles. The van der Waals surface area contributed by atoms with E-state index in [9.17, 15) is 4.39 Å². The Labute approximate surface area is 164 Å². The van der Waals surface area contributed by atoms with E-state index in [2.05, 4.69) is 63.3 Å². The van der Waals surface area contributed by atoms with Crippen molar-refractivity contribution in [1.82, 2.24) is 14.7 Å². The zero-order chi connectivity index (χ0) is 20.3. The molecule has 2 saturated heterocycles. The number of likely N-dealkylation sites (tertiary alicyclic amines) is 1. The molecule has 0 bridgehead atoms. The molecule has 0 N–H and O–H groups in total. The van der Waals surface area contributed by atoms with Crippen LogP contribution in [0.5, 0.6) is 0 Å². The maximum Gasteiger partial charge on any atom is 0.106 e. The molecule has 0 aliphatic carbocycles. The monoisotopic (exact) mass is 373 g/mol. The number of piperidine rings is 1. The molecule has 0 spiro atoms. The number of alkyl halides is 1. The summed E-state index contributed by atoms with van der Waals surface area (Å²) in [5.74, 6) is 0.715. The Morgan fingerprint density at radius 3 is 1.85 bits per heavy atom. The van der Waals surface area contributed by atoms with Crippen molar-refractivity contribution in [2.24, 2.45) is 11.8 Å². The zero-order valence-corrected chi connectivity index (χ0v) is 19.3. The van der Waals surface area contributed by atoms with Crippen LogP contribution < -0.4 is 0 Å². The second-order valence-electron chi connectivity index (χ2n) is 8.59. The van der Waals surface area contributed by atoms with Gasteiger partial charge in [-0.25, -0.2) is 4.39 Å². The highest BCUT2D eigenvalue weighted by Gasteiger charge is 2.31. The van der Waals surface area contributed by atoms with Crippen LogP contribution in [0, 0.1) is 11.8 Å². The third-order valence-corrected chi connectivity index (χ3v) is 5.67. The third kappa shape index (κ3) is 9.66. The molecule has 3 nitrogen and oxygen atoms in total. The van der Waals surface area contributed by atoms with E-state index in [0.717, 1.165) is 25.6 Å². The number of rotatable bonds is 3. The van der Waals surface area contributed by atoms with E-state index in [1.165, 1.54) is 32.6 Å². The summed E-state index contributed by atoms with van der Waals surface area (Å²) in [6, 6.07) is 1.29. The van der Waals surface area contributed by atoms with Gasteiger partial charge in [0.25, 0.3) is 0 Å². The number of nitrogens with zero attached hydrogens (tertiary/aromatic N) is 3. The molecular formula is C22H48FN3. The summed E-state index contributed by atoms with van der Waals surface area (Å²) in [5.41, 5.74) is 0. The number of halogens is 1. The molecule has 4 heteroatoms. The summed E-state index contributed by atoms with van der Waals surface area (Å²) in [5, 5.41) is 0. The molecule has 2 aliphatic heterocycles. The largest absolute Gasteiger partial charge is 0.305 e. The Bertz CT molecular complexity index is 333. The Kier molecular flexibility index (Phi) is 13.8. The molecule has 0 aromatic carbocycles. The van der Waals surface area contributed by atoms with Gasteiger partial charge in [0.05, 0.1) is 0 Å². The van der Waals surface area contributed by atoms with Crippen LogP contribution in [-0.4, -0.2) is 79.3 Å². The predicted octanol–water partition coefficient (Wildman–Crippen LogP) is 4.77. The number of likely N-dealkylation sites (N-methyl/N-ethyl adjacent to an activating group) is 1. The first-order chi connectivity index (χ1) is 12.2. The lowest BCUT2D eigenvalue weighted by atomic mass is 9.86. The van der Waals surface area contributed by atoms with Gasteiger partial charge >= 0.3 is 0 Å². The van der Waals surface area contributed by atoms with Gasteiger partial charge in [-0.1, -0.05) is 27.7 Å². The zero-order valence-electron chi connectivity index (χ0n) is 19.3. The predicted molar refractivity (Wildman–Crippen MR) is 115 cm³/mol. The van der Waals surface area contributed by atoms with Gasteiger partial charge in [0.15, 0.2) is 0 Å². The van der Waals surface area contributed by atoms with E-state index in [1.807, 2.05) is 13.8 Å². The third-order valence-electron chi connectivity index (χ3n) is 5.67. The molecule has 2 atom stereocenters. The Hall–Kier alpha value is -0.190. The molecule has 2 fully saturated rings. The van der Waals surface area contributed by atoms with Crippen LogP contribution in [0.1, 0.15) is 68.2 Å². The average molecular weight is 374 g/mol. The molecule has 158 valence electrons. The van der Waals surface area contributed by atoms with Gasteiger partial charge in [-0.2, -0.15) is 0 Å². The SMILES string of the molecule is CC.CC(C)C1CN(C(C)C)CCC1F.CC(C)N1CCCN(C)CC1. The second-order valence-corrected chi connectivity index (χ2v) is 8.59. The van der Waals surface area contributed by atoms with Crippen molar-refractivity contribution in [3.63, 3.8) is 0 Å². The van der Waals surface area contributed by atoms with Crippen molar-refractivity contribution in [3.05, 3.63) is 0 Å². The molecule has 0 aromatic rings. The minimum Gasteiger partial charge on any atom is -0.305 e. The van der Waals surface area contributed by atoms with Gasteiger partial charge in [0.2, 0.25) is 0 Å². The van der Waals surface area contributed by atoms with E-state index in [1.54, 1.807) is 0 Å². The summed E-state index contributed by atoms with van der Waals surface area (Å²) in [6.07, 6.45) is 1.48. The lowest BCUT2D eigenvalue weighted by Crippen LogP contribution is -2.46. The fraction of sp³-hybridized carbons (Fsp3) is 1.00. The van der Waals surface area contributed by atoms with E-state index < -0.39 is 6.17 Å². The maximum absolute atomic E-state index is 13.5. The van der Waals surface area contributed by atoms with Crippen LogP contribution in [0.25, 0.3) is 0 Å². The minimum atomic E-state index is -0.574. The smallest absolute Gasteiger partial charge is 0.106 e. The molecule has 26 heavy (non-hydrogen) atoms. The van der Waals surface area contributed by atoms with Gasteiger partial charge in [0, 0.05) is 44.2 Å². The van der Waals surface area contributed by atoms with Crippen molar-refractivity contribution < 1.29 is 4.39 Å². The van der Waals surface area contributed by atoms with Crippen LogP contribution >= 0.6 is 0 Å². The van der Waals surface area contributed by atoms with E-state index in [0.29, 0.717) is 12.0 Å². The van der Waals surface area contributed by atoms with Gasteiger partial charge in [-0.15, -0.1) is 0 Å². The van der Waals surface area contributed by atoms with Gasteiger partial charge < -0.3 is 9.80 Å². The number of hydrogen-bond acceptors (Lipinski definition) is 3. The van der Waals surface area contributed by atoms with Crippen molar-refractivity contribution in [1.29, 1.82) is 0 Å². The quantitative estimate of drug-likeness (QED) is 0.705. The van der Waals surface area contributed by atoms with Gasteiger partial charge in [-0.3, -0.25) is 4.90 Å². The minimum absolute atomic E-state index is 0.246. The van der Waals surface area contributed by atoms with E-state index in [-0.39, 0.29) is 5.92 Å². The summed E-state index contributed by atoms with van der Waals surface area (Å²) in [6.45, 7) is 24.1. The van der Waals surface area contributed by atoms with Crippen LogP contribution in [-0.2, 0) is 0 Å². The Morgan fingerprint density at radius 2 is 1.35 bits per heavy atom. The standard InChI is InChI=1S/C11H22FN.C9H20N2.C2H6/c1-8(2)10-7-13(9(3)4)6-5-11(10)12;1-9(2)11-6-4-5-10(3)7-8-11;1-2/h8-11H,5-7H2,1-4H3;9H,4-8H2,1-3H3;1-2H3. The summed E-state index contributed by atoms with van der Waals surface area (Å²) in [4.78, 5) is 7.37. The average Bonchev–Trinajstić information content (AvgIpc) is 2.82. The molecule has 0 saturated carbocycles. The first-order valence-electron chi connectivity index (χ1n) is 11.0. The highest BCUT2D eigenvalue weighted by atomic mass is 19.1. The molecule has 2 unspecified atom stereocenters. The van der Waals surface area contributed by atoms with Crippen molar-refractivity contribution in [3.8, 4) is 0 Å². The molecule has 0 radical (unpaired) electrons.